The number of hydrogen-bond acceptors (Lipinski definition) is 2. The third-order valence-corrected chi connectivity index (χ3v) is 3.87. The molecule has 0 saturated heterocycles. The van der Waals surface area contributed by atoms with E-state index in [-0.39, 0.29) is 5.91 Å². The molecular formula is C18H17BrN2O2. The van der Waals surface area contributed by atoms with E-state index in [0.717, 1.165) is 21.2 Å². The fraction of sp³-hybridized carbons (Fsp3) is 0.111. The van der Waals surface area contributed by atoms with Gasteiger partial charge >= 0.3 is 0 Å². The zero-order valence-corrected chi connectivity index (χ0v) is 14.5. The first-order valence-corrected chi connectivity index (χ1v) is 7.86. The van der Waals surface area contributed by atoms with Crippen molar-refractivity contribution in [1.29, 1.82) is 0 Å². The van der Waals surface area contributed by atoms with E-state index in [4.69, 9.17) is 0 Å². The van der Waals surface area contributed by atoms with Gasteiger partial charge in [-0.1, -0.05) is 45.8 Å². The minimum Gasteiger partial charge on any atom is -0.268 e. The van der Waals surface area contributed by atoms with Crippen LogP contribution in [0.3, 0.4) is 0 Å². The van der Waals surface area contributed by atoms with Crippen LogP contribution in [0.25, 0.3) is 6.08 Å². The monoisotopic (exact) mass is 372 g/mol. The second kappa shape index (κ2) is 7.74. The number of nitrogens with one attached hydrogen (secondary N) is 2. The van der Waals surface area contributed by atoms with Crippen molar-refractivity contribution in [2.75, 3.05) is 0 Å². The number of hydrazine groups is 1. The smallest absolute Gasteiger partial charge is 0.268 e. The highest BCUT2D eigenvalue weighted by Gasteiger charge is 2.05. The predicted molar refractivity (Wildman–Crippen MR) is 94.7 cm³/mol. The first-order chi connectivity index (χ1) is 11.0. The molecule has 2 aromatic rings. The summed E-state index contributed by atoms with van der Waals surface area (Å²) in [5.74, 6) is -0.763. The predicted octanol–water partition coefficient (Wildman–Crippen LogP) is 3.54. The SMILES string of the molecule is Cc1ccc(C(=O)NNC(=O)/C=C/c2ccc(C)cc2Br)cc1. The summed E-state index contributed by atoms with van der Waals surface area (Å²) in [5.41, 5.74) is 8.30. The van der Waals surface area contributed by atoms with E-state index in [1.54, 1.807) is 18.2 Å². The van der Waals surface area contributed by atoms with Crippen LogP contribution in [0.1, 0.15) is 27.0 Å². The number of carbonyl (C=O) groups is 2. The molecule has 23 heavy (non-hydrogen) atoms. The van der Waals surface area contributed by atoms with E-state index in [9.17, 15) is 9.59 Å². The number of aryl methyl sites for hydroxylation is 2. The highest BCUT2D eigenvalue weighted by atomic mass is 79.9. The van der Waals surface area contributed by atoms with Gasteiger partial charge in [-0.3, -0.25) is 20.4 Å². The van der Waals surface area contributed by atoms with Gasteiger partial charge in [-0.25, -0.2) is 0 Å². The quantitative estimate of drug-likeness (QED) is 0.639. The Morgan fingerprint density at radius 3 is 2.26 bits per heavy atom. The Bertz CT molecular complexity index is 752. The molecule has 0 radical (unpaired) electrons. The van der Waals surface area contributed by atoms with Gasteiger partial charge in [0.2, 0.25) is 0 Å². The molecule has 2 amide bonds. The van der Waals surface area contributed by atoms with Gasteiger partial charge in [0.15, 0.2) is 0 Å². The Labute approximate surface area is 143 Å². The van der Waals surface area contributed by atoms with E-state index in [0.29, 0.717) is 5.56 Å². The molecule has 0 atom stereocenters. The molecule has 0 spiro atoms. The highest BCUT2D eigenvalue weighted by Crippen LogP contribution is 2.19. The molecule has 0 aliphatic heterocycles. The molecule has 0 unspecified atom stereocenters. The summed E-state index contributed by atoms with van der Waals surface area (Å²) in [4.78, 5) is 23.6. The van der Waals surface area contributed by atoms with Crippen LogP contribution in [0.2, 0.25) is 0 Å². The van der Waals surface area contributed by atoms with E-state index < -0.39 is 5.91 Å². The molecule has 118 valence electrons. The molecule has 4 nitrogen and oxygen atoms in total. The third-order valence-electron chi connectivity index (χ3n) is 3.18. The molecule has 0 heterocycles. The summed E-state index contributed by atoms with van der Waals surface area (Å²) in [7, 11) is 0. The normalized spacial score (nSPS) is 10.6. The van der Waals surface area contributed by atoms with Crippen molar-refractivity contribution in [2.45, 2.75) is 13.8 Å². The van der Waals surface area contributed by atoms with Crippen LogP contribution in [0, 0.1) is 13.8 Å². The maximum Gasteiger partial charge on any atom is 0.269 e. The summed E-state index contributed by atoms with van der Waals surface area (Å²) < 4.78 is 0.908. The van der Waals surface area contributed by atoms with Gasteiger partial charge in [0.25, 0.3) is 11.8 Å². The van der Waals surface area contributed by atoms with Crippen molar-refractivity contribution in [1.82, 2.24) is 10.9 Å². The van der Waals surface area contributed by atoms with Gasteiger partial charge in [-0.15, -0.1) is 0 Å². The standard InChI is InChI=1S/C18H17BrN2O2/c1-12-3-7-15(8-4-12)18(23)21-20-17(22)10-9-14-6-5-13(2)11-16(14)19/h3-11H,1-2H3,(H,20,22)(H,21,23)/b10-9+. The van der Waals surface area contributed by atoms with E-state index in [1.807, 2.05) is 44.2 Å². The van der Waals surface area contributed by atoms with Crippen LogP contribution in [0.4, 0.5) is 0 Å². The Morgan fingerprint density at radius 2 is 1.61 bits per heavy atom. The van der Waals surface area contributed by atoms with Crippen LogP contribution >= 0.6 is 15.9 Å². The van der Waals surface area contributed by atoms with Crippen molar-refractivity contribution in [3.63, 3.8) is 0 Å². The number of carbonyl (C=O) groups excluding carboxylic acids is 2. The number of hydrogen-bond donors (Lipinski definition) is 2. The average Bonchev–Trinajstić information content (AvgIpc) is 2.52. The zero-order valence-electron chi connectivity index (χ0n) is 12.9. The molecule has 0 aliphatic rings. The lowest BCUT2D eigenvalue weighted by molar-refractivity contribution is -0.117. The highest BCUT2D eigenvalue weighted by molar-refractivity contribution is 9.10. The average molecular weight is 373 g/mol. The van der Waals surface area contributed by atoms with Gasteiger partial charge in [-0.05, 0) is 49.2 Å². The van der Waals surface area contributed by atoms with Crippen molar-refractivity contribution in [2.24, 2.45) is 0 Å². The lowest BCUT2D eigenvalue weighted by Gasteiger charge is -2.05. The maximum absolute atomic E-state index is 11.9. The van der Waals surface area contributed by atoms with Gasteiger partial charge < -0.3 is 0 Å². The summed E-state index contributed by atoms with van der Waals surface area (Å²) in [6.45, 7) is 3.93. The number of rotatable bonds is 3. The first kappa shape index (κ1) is 17.0. The van der Waals surface area contributed by atoms with Gasteiger partial charge in [0, 0.05) is 16.1 Å². The Morgan fingerprint density at radius 1 is 0.957 bits per heavy atom. The minimum atomic E-state index is -0.405. The minimum absolute atomic E-state index is 0.358. The molecule has 2 aromatic carbocycles. The molecular weight excluding hydrogens is 356 g/mol. The zero-order chi connectivity index (χ0) is 16.8. The fourth-order valence-electron chi connectivity index (χ4n) is 1.87. The van der Waals surface area contributed by atoms with E-state index >= 15 is 0 Å². The Kier molecular flexibility index (Phi) is 5.71. The van der Waals surface area contributed by atoms with Crippen LogP contribution < -0.4 is 10.9 Å². The Balaban J connectivity index is 1.90. The fourth-order valence-corrected chi connectivity index (χ4v) is 2.50. The van der Waals surface area contributed by atoms with Crippen LogP contribution in [-0.2, 0) is 4.79 Å². The molecule has 0 aliphatic carbocycles. The first-order valence-electron chi connectivity index (χ1n) is 7.07. The second-order valence-corrected chi connectivity index (χ2v) is 6.02. The summed E-state index contributed by atoms with van der Waals surface area (Å²) >= 11 is 3.44. The molecule has 0 fully saturated rings. The number of amides is 2. The summed E-state index contributed by atoms with van der Waals surface area (Å²) in [5, 5.41) is 0. The number of halogens is 1. The summed E-state index contributed by atoms with van der Waals surface area (Å²) in [6, 6.07) is 12.9. The molecule has 0 bridgehead atoms. The second-order valence-electron chi connectivity index (χ2n) is 5.17. The topological polar surface area (TPSA) is 58.2 Å². The lowest BCUT2D eigenvalue weighted by Crippen LogP contribution is -2.40. The van der Waals surface area contributed by atoms with E-state index in [1.165, 1.54) is 6.08 Å². The van der Waals surface area contributed by atoms with Crippen LogP contribution in [0.5, 0.6) is 0 Å². The van der Waals surface area contributed by atoms with Gasteiger partial charge in [0.1, 0.15) is 0 Å². The van der Waals surface area contributed by atoms with Crippen LogP contribution in [0.15, 0.2) is 53.0 Å². The number of benzene rings is 2. The largest absolute Gasteiger partial charge is 0.269 e. The maximum atomic E-state index is 11.9. The van der Waals surface area contributed by atoms with Crippen molar-refractivity contribution >= 4 is 33.8 Å². The van der Waals surface area contributed by atoms with Crippen LogP contribution in [-0.4, -0.2) is 11.8 Å². The van der Waals surface area contributed by atoms with Crippen molar-refractivity contribution < 1.29 is 9.59 Å². The summed E-state index contributed by atoms with van der Waals surface area (Å²) in [6.07, 6.45) is 3.04. The third kappa shape index (κ3) is 5.07. The molecule has 2 N–H and O–H groups in total. The molecule has 5 heteroatoms. The molecule has 0 saturated carbocycles. The van der Waals surface area contributed by atoms with Crippen molar-refractivity contribution in [3.8, 4) is 0 Å². The molecule has 2 rings (SSSR count). The van der Waals surface area contributed by atoms with Crippen molar-refractivity contribution in [3.05, 3.63) is 75.3 Å². The Hall–Kier alpha value is -2.40. The van der Waals surface area contributed by atoms with Gasteiger partial charge in [0.05, 0.1) is 0 Å². The van der Waals surface area contributed by atoms with E-state index in [2.05, 4.69) is 26.8 Å². The molecule has 0 aromatic heterocycles. The lowest BCUT2D eigenvalue weighted by atomic mass is 10.1. The van der Waals surface area contributed by atoms with Gasteiger partial charge in [-0.2, -0.15) is 0 Å².